The fourth-order valence-electron chi connectivity index (χ4n) is 3.74. The summed E-state index contributed by atoms with van der Waals surface area (Å²) in [4.78, 5) is 17.1. The SMILES string of the molecule is C[C@H](C(=O)NCc1ccccc1-n1ccnc1)N(c1ccc(Oc2ccccc2)cc1)S(C)(=O)=O. The van der Waals surface area contributed by atoms with Crippen LogP contribution in [0.3, 0.4) is 0 Å². The molecule has 1 N–H and O–H groups in total. The number of nitrogens with zero attached hydrogens (tertiary/aromatic N) is 3. The third-order valence-electron chi connectivity index (χ3n) is 5.39. The molecule has 35 heavy (non-hydrogen) atoms. The van der Waals surface area contributed by atoms with Gasteiger partial charge in [0.25, 0.3) is 0 Å². The topological polar surface area (TPSA) is 93.5 Å². The van der Waals surface area contributed by atoms with Crippen molar-refractivity contribution in [2.75, 3.05) is 10.6 Å². The highest BCUT2D eigenvalue weighted by atomic mass is 32.2. The van der Waals surface area contributed by atoms with Crippen LogP contribution in [-0.2, 0) is 21.4 Å². The van der Waals surface area contributed by atoms with E-state index in [1.54, 1.807) is 43.7 Å². The molecule has 4 aromatic rings. The minimum absolute atomic E-state index is 0.235. The van der Waals surface area contributed by atoms with Gasteiger partial charge < -0.3 is 14.6 Å². The Balaban J connectivity index is 1.49. The summed E-state index contributed by atoms with van der Waals surface area (Å²) in [6, 6.07) is 22.5. The van der Waals surface area contributed by atoms with Crippen LogP contribution in [0.2, 0.25) is 0 Å². The van der Waals surface area contributed by atoms with Crippen LogP contribution in [0.25, 0.3) is 5.69 Å². The number of amides is 1. The normalized spacial score (nSPS) is 12.1. The molecule has 1 aromatic heterocycles. The van der Waals surface area contributed by atoms with Gasteiger partial charge >= 0.3 is 0 Å². The summed E-state index contributed by atoms with van der Waals surface area (Å²) in [5.41, 5.74) is 2.13. The van der Waals surface area contributed by atoms with Crippen molar-refractivity contribution in [3.05, 3.63) is 103 Å². The van der Waals surface area contributed by atoms with Crippen LogP contribution in [-0.4, -0.2) is 36.2 Å². The Kier molecular flexibility index (Phi) is 7.17. The van der Waals surface area contributed by atoms with Crippen molar-refractivity contribution in [1.29, 1.82) is 0 Å². The molecule has 3 aromatic carbocycles. The fourth-order valence-corrected chi connectivity index (χ4v) is 4.91. The van der Waals surface area contributed by atoms with Gasteiger partial charge in [-0.3, -0.25) is 9.10 Å². The van der Waals surface area contributed by atoms with E-state index < -0.39 is 22.0 Å². The molecule has 0 unspecified atom stereocenters. The monoisotopic (exact) mass is 490 g/mol. The maximum atomic E-state index is 13.0. The summed E-state index contributed by atoms with van der Waals surface area (Å²) < 4.78 is 34.0. The van der Waals surface area contributed by atoms with Crippen molar-refractivity contribution < 1.29 is 17.9 Å². The van der Waals surface area contributed by atoms with Crippen molar-refractivity contribution in [2.24, 2.45) is 0 Å². The van der Waals surface area contributed by atoms with Gasteiger partial charge in [0.15, 0.2) is 0 Å². The third kappa shape index (κ3) is 5.88. The summed E-state index contributed by atoms with van der Waals surface area (Å²) in [5, 5.41) is 2.86. The third-order valence-corrected chi connectivity index (χ3v) is 6.63. The molecule has 8 nitrogen and oxygen atoms in total. The molecule has 9 heteroatoms. The fraction of sp³-hybridized carbons (Fsp3) is 0.154. The second kappa shape index (κ2) is 10.4. The van der Waals surface area contributed by atoms with E-state index in [0.717, 1.165) is 21.8 Å². The average Bonchev–Trinajstić information content (AvgIpc) is 3.38. The van der Waals surface area contributed by atoms with E-state index in [9.17, 15) is 13.2 Å². The van der Waals surface area contributed by atoms with Gasteiger partial charge in [0.2, 0.25) is 15.9 Å². The van der Waals surface area contributed by atoms with Crippen LogP contribution in [0.5, 0.6) is 11.5 Å². The summed E-state index contributed by atoms with van der Waals surface area (Å²) >= 11 is 0. The molecule has 1 heterocycles. The lowest BCUT2D eigenvalue weighted by atomic mass is 10.1. The largest absolute Gasteiger partial charge is 0.457 e. The van der Waals surface area contributed by atoms with Crippen LogP contribution in [0, 0.1) is 0 Å². The summed E-state index contributed by atoms with van der Waals surface area (Å²) in [7, 11) is -3.74. The molecular formula is C26H26N4O4S. The number of rotatable bonds is 9. The van der Waals surface area contributed by atoms with Crippen LogP contribution < -0.4 is 14.4 Å². The number of benzene rings is 3. The van der Waals surface area contributed by atoms with Gasteiger partial charge in [0.05, 0.1) is 24.0 Å². The highest BCUT2D eigenvalue weighted by molar-refractivity contribution is 7.92. The second-order valence-electron chi connectivity index (χ2n) is 7.96. The highest BCUT2D eigenvalue weighted by Gasteiger charge is 2.29. The average molecular weight is 491 g/mol. The zero-order valence-electron chi connectivity index (χ0n) is 19.4. The van der Waals surface area contributed by atoms with Crippen LogP contribution in [0.1, 0.15) is 12.5 Å². The molecule has 0 radical (unpaired) electrons. The number of carbonyl (C=O) groups excluding carboxylic acids is 1. The minimum Gasteiger partial charge on any atom is -0.457 e. The number of nitrogens with one attached hydrogen (secondary N) is 1. The first-order valence-corrected chi connectivity index (χ1v) is 12.8. The maximum absolute atomic E-state index is 13.0. The lowest BCUT2D eigenvalue weighted by Crippen LogP contribution is -2.47. The first kappa shape index (κ1) is 24.0. The predicted molar refractivity (Wildman–Crippen MR) is 135 cm³/mol. The molecule has 1 amide bonds. The number of anilines is 1. The summed E-state index contributed by atoms with van der Waals surface area (Å²) in [6.07, 6.45) is 6.26. The Labute approximate surface area is 204 Å². The molecule has 0 saturated carbocycles. The van der Waals surface area contributed by atoms with Crippen molar-refractivity contribution in [2.45, 2.75) is 19.5 Å². The van der Waals surface area contributed by atoms with Gasteiger partial charge in [0.1, 0.15) is 17.5 Å². The molecule has 0 saturated heterocycles. The molecule has 4 rings (SSSR count). The van der Waals surface area contributed by atoms with Crippen molar-refractivity contribution in [3.63, 3.8) is 0 Å². The number of ether oxygens (including phenoxy) is 1. The molecule has 1 atom stereocenters. The Morgan fingerprint density at radius 1 is 1.00 bits per heavy atom. The van der Waals surface area contributed by atoms with Crippen molar-refractivity contribution >= 4 is 21.6 Å². The van der Waals surface area contributed by atoms with E-state index in [0.29, 0.717) is 17.2 Å². The van der Waals surface area contributed by atoms with Gasteiger partial charge in [0, 0.05) is 18.9 Å². The summed E-state index contributed by atoms with van der Waals surface area (Å²) in [6.45, 7) is 1.80. The Hall–Kier alpha value is -4.11. The minimum atomic E-state index is -3.74. The lowest BCUT2D eigenvalue weighted by molar-refractivity contribution is -0.122. The number of hydrogen-bond acceptors (Lipinski definition) is 5. The van der Waals surface area contributed by atoms with Gasteiger partial charge in [-0.15, -0.1) is 0 Å². The van der Waals surface area contributed by atoms with Crippen molar-refractivity contribution in [1.82, 2.24) is 14.9 Å². The number of para-hydroxylation sites is 2. The number of aromatic nitrogens is 2. The molecule has 0 bridgehead atoms. The number of imidazole rings is 1. The number of sulfonamides is 1. The maximum Gasteiger partial charge on any atom is 0.243 e. The smallest absolute Gasteiger partial charge is 0.243 e. The molecule has 0 aliphatic carbocycles. The van der Waals surface area contributed by atoms with Gasteiger partial charge in [-0.05, 0) is 55.0 Å². The molecule has 180 valence electrons. The van der Waals surface area contributed by atoms with Gasteiger partial charge in [-0.1, -0.05) is 36.4 Å². The molecule has 0 spiro atoms. The molecule has 0 fully saturated rings. The number of hydrogen-bond donors (Lipinski definition) is 1. The van der Waals surface area contributed by atoms with Crippen LogP contribution in [0.15, 0.2) is 97.6 Å². The van der Waals surface area contributed by atoms with Gasteiger partial charge in [-0.25, -0.2) is 13.4 Å². The number of carbonyl (C=O) groups is 1. The zero-order valence-corrected chi connectivity index (χ0v) is 20.2. The highest BCUT2D eigenvalue weighted by Crippen LogP contribution is 2.27. The standard InChI is InChI=1S/C26H26N4O4S/c1-20(26(31)28-18-21-8-6-7-11-25(21)29-17-16-27-19-29)30(35(2,32)33)22-12-14-24(15-13-22)34-23-9-4-3-5-10-23/h3-17,19-20H,18H2,1-2H3,(H,28,31)/t20-/m1/s1. The quantitative estimate of drug-likeness (QED) is 0.381. The first-order chi connectivity index (χ1) is 16.8. The zero-order chi connectivity index (χ0) is 24.8. The summed E-state index contributed by atoms with van der Waals surface area (Å²) in [5.74, 6) is 0.811. The van der Waals surface area contributed by atoms with E-state index in [-0.39, 0.29) is 6.54 Å². The van der Waals surface area contributed by atoms with E-state index in [4.69, 9.17) is 4.74 Å². The van der Waals surface area contributed by atoms with E-state index >= 15 is 0 Å². The van der Waals surface area contributed by atoms with E-state index in [1.807, 2.05) is 65.4 Å². The Morgan fingerprint density at radius 2 is 1.66 bits per heavy atom. The first-order valence-electron chi connectivity index (χ1n) is 11.0. The van der Waals surface area contributed by atoms with Crippen LogP contribution in [0.4, 0.5) is 5.69 Å². The Bertz CT molecular complexity index is 1370. The van der Waals surface area contributed by atoms with Gasteiger partial charge in [-0.2, -0.15) is 0 Å². The van der Waals surface area contributed by atoms with E-state index in [2.05, 4.69) is 10.3 Å². The molecular weight excluding hydrogens is 464 g/mol. The lowest BCUT2D eigenvalue weighted by Gasteiger charge is -2.28. The molecule has 0 aliphatic heterocycles. The van der Waals surface area contributed by atoms with Crippen LogP contribution >= 0.6 is 0 Å². The molecule has 0 aliphatic rings. The van der Waals surface area contributed by atoms with E-state index in [1.165, 1.54) is 0 Å². The van der Waals surface area contributed by atoms with Crippen molar-refractivity contribution in [3.8, 4) is 17.2 Å². The predicted octanol–water partition coefficient (Wildman–Crippen LogP) is 4.14. The second-order valence-corrected chi connectivity index (χ2v) is 9.82. The Morgan fingerprint density at radius 3 is 2.31 bits per heavy atom.